The summed E-state index contributed by atoms with van der Waals surface area (Å²) in [7, 11) is 0. The van der Waals surface area contributed by atoms with Gasteiger partial charge in [0.25, 0.3) is 11.6 Å². The number of aryl methyl sites for hydroxylation is 1. The largest absolute Gasteiger partial charge is 0.297 e. The predicted molar refractivity (Wildman–Crippen MR) is 114 cm³/mol. The SMILES string of the molecule is Cc1nc2ccc3nc(NC(=O)c4cc5cc([N+](=O)[O-])ccc5s4)sc3c2s1. The number of thiophene rings is 1. The highest BCUT2D eigenvalue weighted by molar-refractivity contribution is 7.28. The maximum Gasteiger partial charge on any atom is 0.270 e. The van der Waals surface area contributed by atoms with E-state index < -0.39 is 4.92 Å². The van der Waals surface area contributed by atoms with Crippen LogP contribution < -0.4 is 5.32 Å². The van der Waals surface area contributed by atoms with Crippen LogP contribution in [0.25, 0.3) is 30.5 Å². The summed E-state index contributed by atoms with van der Waals surface area (Å²) in [6.07, 6.45) is 0. The molecule has 0 spiro atoms. The molecule has 0 radical (unpaired) electrons. The first-order valence-electron chi connectivity index (χ1n) is 8.14. The summed E-state index contributed by atoms with van der Waals surface area (Å²) in [5, 5.41) is 16.0. The van der Waals surface area contributed by atoms with E-state index in [1.54, 1.807) is 23.5 Å². The third kappa shape index (κ3) is 2.82. The van der Waals surface area contributed by atoms with E-state index >= 15 is 0 Å². The van der Waals surface area contributed by atoms with Gasteiger partial charge in [-0.2, -0.15) is 0 Å². The Kier molecular flexibility index (Phi) is 3.86. The Morgan fingerprint density at radius 2 is 1.79 bits per heavy atom. The number of aromatic nitrogens is 2. The molecule has 0 bridgehead atoms. The maximum absolute atomic E-state index is 12.7. The summed E-state index contributed by atoms with van der Waals surface area (Å²) >= 11 is 4.32. The molecule has 2 aromatic carbocycles. The Hall–Kier alpha value is -2.95. The number of fused-ring (bicyclic) bond motifs is 4. The normalized spacial score (nSPS) is 11.5. The Morgan fingerprint density at radius 3 is 2.57 bits per heavy atom. The van der Waals surface area contributed by atoms with Gasteiger partial charge in [-0.3, -0.25) is 20.2 Å². The Morgan fingerprint density at radius 1 is 1.04 bits per heavy atom. The molecule has 1 N–H and O–H groups in total. The number of carbonyl (C=O) groups excluding carboxylic acids is 1. The molecule has 138 valence electrons. The van der Waals surface area contributed by atoms with Crippen molar-refractivity contribution in [3.8, 4) is 0 Å². The summed E-state index contributed by atoms with van der Waals surface area (Å²) in [5.74, 6) is -0.278. The third-order valence-electron chi connectivity index (χ3n) is 4.17. The van der Waals surface area contributed by atoms with Crippen molar-refractivity contribution in [3.05, 3.63) is 56.4 Å². The van der Waals surface area contributed by atoms with Gasteiger partial charge in [-0.05, 0) is 31.2 Å². The molecule has 0 aliphatic heterocycles. The van der Waals surface area contributed by atoms with Gasteiger partial charge in [0.15, 0.2) is 5.13 Å². The van der Waals surface area contributed by atoms with Crippen LogP contribution in [-0.4, -0.2) is 20.8 Å². The minimum atomic E-state index is -0.445. The Labute approximate surface area is 169 Å². The van der Waals surface area contributed by atoms with Crippen molar-refractivity contribution in [2.24, 2.45) is 0 Å². The zero-order chi connectivity index (χ0) is 19.4. The van der Waals surface area contributed by atoms with Crippen molar-refractivity contribution in [1.29, 1.82) is 0 Å². The number of thiazole rings is 2. The molecule has 7 nitrogen and oxygen atoms in total. The number of amides is 1. The van der Waals surface area contributed by atoms with Gasteiger partial charge in [0.2, 0.25) is 0 Å². The van der Waals surface area contributed by atoms with Crippen LogP contribution in [0.4, 0.5) is 10.8 Å². The Bertz CT molecular complexity index is 1420. The topological polar surface area (TPSA) is 98.0 Å². The lowest BCUT2D eigenvalue weighted by molar-refractivity contribution is -0.384. The molecule has 5 rings (SSSR count). The van der Waals surface area contributed by atoms with E-state index in [1.165, 1.54) is 34.8 Å². The van der Waals surface area contributed by atoms with Gasteiger partial charge >= 0.3 is 0 Å². The van der Waals surface area contributed by atoms with Crippen LogP contribution in [0, 0.1) is 17.0 Å². The van der Waals surface area contributed by atoms with Crippen LogP contribution in [0.1, 0.15) is 14.7 Å². The van der Waals surface area contributed by atoms with E-state index in [0.717, 1.165) is 30.1 Å². The molecule has 3 aromatic heterocycles. The van der Waals surface area contributed by atoms with E-state index in [4.69, 9.17) is 0 Å². The van der Waals surface area contributed by atoms with E-state index in [9.17, 15) is 14.9 Å². The molecule has 1 amide bonds. The smallest absolute Gasteiger partial charge is 0.270 e. The molecular weight excluding hydrogens is 416 g/mol. The van der Waals surface area contributed by atoms with Gasteiger partial charge in [-0.1, -0.05) is 11.3 Å². The first kappa shape index (κ1) is 17.2. The summed E-state index contributed by atoms with van der Waals surface area (Å²) in [4.78, 5) is 32.6. The monoisotopic (exact) mass is 426 g/mol. The quantitative estimate of drug-likeness (QED) is 0.299. The lowest BCUT2D eigenvalue weighted by Gasteiger charge is -1.96. The average molecular weight is 427 g/mol. The molecule has 10 heteroatoms. The van der Waals surface area contributed by atoms with Gasteiger partial charge in [-0.25, -0.2) is 9.97 Å². The number of nitrogens with zero attached hydrogens (tertiary/aromatic N) is 3. The number of carbonyl (C=O) groups is 1. The molecule has 28 heavy (non-hydrogen) atoms. The number of anilines is 1. The van der Waals surface area contributed by atoms with Gasteiger partial charge in [-0.15, -0.1) is 22.7 Å². The van der Waals surface area contributed by atoms with Crippen LogP contribution in [0.15, 0.2) is 36.4 Å². The lowest BCUT2D eigenvalue weighted by atomic mass is 10.2. The number of hydrogen-bond acceptors (Lipinski definition) is 8. The van der Waals surface area contributed by atoms with Crippen LogP contribution in [0.2, 0.25) is 0 Å². The minimum Gasteiger partial charge on any atom is -0.297 e. The van der Waals surface area contributed by atoms with Crippen molar-refractivity contribution in [1.82, 2.24) is 9.97 Å². The second-order valence-electron chi connectivity index (χ2n) is 6.06. The average Bonchev–Trinajstić information content (AvgIpc) is 3.35. The van der Waals surface area contributed by atoms with E-state index in [2.05, 4.69) is 15.3 Å². The minimum absolute atomic E-state index is 0.00676. The van der Waals surface area contributed by atoms with Crippen molar-refractivity contribution in [3.63, 3.8) is 0 Å². The molecule has 0 saturated heterocycles. The van der Waals surface area contributed by atoms with Crippen molar-refractivity contribution in [2.75, 3.05) is 5.32 Å². The van der Waals surface area contributed by atoms with Crippen molar-refractivity contribution >= 4 is 81.3 Å². The van der Waals surface area contributed by atoms with Gasteiger partial charge < -0.3 is 0 Å². The number of benzene rings is 2. The zero-order valence-corrected chi connectivity index (χ0v) is 16.7. The summed E-state index contributed by atoms with van der Waals surface area (Å²) in [5.41, 5.74) is 1.76. The second-order valence-corrected chi connectivity index (χ2v) is 9.34. The van der Waals surface area contributed by atoms with Crippen molar-refractivity contribution in [2.45, 2.75) is 6.92 Å². The number of nitro benzene ring substituents is 1. The molecule has 3 heterocycles. The number of nitrogens with one attached hydrogen (secondary N) is 1. The van der Waals surface area contributed by atoms with E-state index in [-0.39, 0.29) is 11.6 Å². The van der Waals surface area contributed by atoms with Crippen molar-refractivity contribution < 1.29 is 9.72 Å². The summed E-state index contributed by atoms with van der Waals surface area (Å²) in [6, 6.07) is 10.1. The first-order valence-corrected chi connectivity index (χ1v) is 10.6. The third-order valence-corrected chi connectivity index (χ3v) is 7.43. The van der Waals surface area contributed by atoms with E-state index in [1.807, 2.05) is 19.1 Å². The highest BCUT2D eigenvalue weighted by atomic mass is 32.1. The standard InChI is InChI=1S/C18H10N4O3S3/c1-8-19-11-3-4-12-16(15(11)26-8)28-18(20-12)21-17(23)14-7-9-6-10(22(24)25)2-5-13(9)27-14/h2-7H,1H3,(H,20,21,23). The van der Waals surface area contributed by atoms with Gasteiger partial charge in [0.05, 0.1) is 35.2 Å². The van der Waals surface area contributed by atoms with Crippen LogP contribution in [-0.2, 0) is 0 Å². The zero-order valence-electron chi connectivity index (χ0n) is 14.3. The van der Waals surface area contributed by atoms with E-state index in [0.29, 0.717) is 15.4 Å². The molecular formula is C18H10N4O3S3. The molecule has 0 atom stereocenters. The van der Waals surface area contributed by atoms with Crippen LogP contribution in [0.5, 0.6) is 0 Å². The highest BCUT2D eigenvalue weighted by Crippen LogP contribution is 2.36. The highest BCUT2D eigenvalue weighted by Gasteiger charge is 2.16. The fraction of sp³-hybridized carbons (Fsp3) is 0.0556. The molecule has 0 aliphatic rings. The fourth-order valence-electron chi connectivity index (χ4n) is 2.95. The Balaban J connectivity index is 1.48. The molecule has 0 saturated carbocycles. The number of nitro groups is 1. The molecule has 0 fully saturated rings. The number of rotatable bonds is 3. The molecule has 0 unspecified atom stereocenters. The van der Waals surface area contributed by atoms with Crippen LogP contribution in [0.3, 0.4) is 0 Å². The second kappa shape index (κ2) is 6.30. The van der Waals surface area contributed by atoms with Gasteiger partial charge in [0.1, 0.15) is 0 Å². The van der Waals surface area contributed by atoms with Gasteiger partial charge in [0, 0.05) is 22.2 Å². The molecule has 0 aliphatic carbocycles. The maximum atomic E-state index is 12.7. The fourth-order valence-corrected chi connectivity index (χ4v) is 5.89. The predicted octanol–water partition coefficient (Wildman–Crippen LogP) is 5.59. The number of non-ortho nitro benzene ring substituents is 1. The summed E-state index contributed by atoms with van der Waals surface area (Å²) in [6.45, 7) is 1.96. The van der Waals surface area contributed by atoms with Crippen LogP contribution >= 0.6 is 34.0 Å². The lowest BCUT2D eigenvalue weighted by Crippen LogP contribution is -2.09. The number of hydrogen-bond donors (Lipinski definition) is 1. The summed E-state index contributed by atoms with van der Waals surface area (Å²) < 4.78 is 2.90. The first-order chi connectivity index (χ1) is 13.5. The molecule has 5 aromatic rings.